The maximum absolute atomic E-state index is 13.0. The van der Waals surface area contributed by atoms with Gasteiger partial charge in [-0.1, -0.05) is 12.1 Å². The number of hydrogen-bond donors (Lipinski definition) is 3. The van der Waals surface area contributed by atoms with Gasteiger partial charge in [-0.25, -0.2) is 14.4 Å². The average Bonchev–Trinajstić information content (AvgIpc) is 3.29. The first-order chi connectivity index (χ1) is 14.5. The summed E-state index contributed by atoms with van der Waals surface area (Å²) in [5, 5.41) is 19.0. The van der Waals surface area contributed by atoms with Crippen molar-refractivity contribution in [3.63, 3.8) is 0 Å². The van der Waals surface area contributed by atoms with E-state index in [0.29, 0.717) is 37.2 Å². The summed E-state index contributed by atoms with van der Waals surface area (Å²) in [6.45, 7) is 5.22. The van der Waals surface area contributed by atoms with E-state index in [1.165, 1.54) is 23.5 Å². The van der Waals surface area contributed by atoms with Gasteiger partial charge in [0.25, 0.3) is 0 Å². The largest absolute Gasteiger partial charge is 0.439 e. The van der Waals surface area contributed by atoms with Crippen molar-refractivity contribution in [2.45, 2.75) is 26.0 Å². The Bertz CT molecular complexity index is 949. The van der Waals surface area contributed by atoms with Crippen molar-refractivity contribution in [2.24, 2.45) is 4.99 Å². The molecule has 166 valence electrons. The zero-order valence-corrected chi connectivity index (χ0v) is 20.5. The lowest BCUT2D eigenvalue weighted by molar-refractivity contribution is 0.0655. The first kappa shape index (κ1) is 25.0. The fourth-order valence-corrected chi connectivity index (χ4v) is 3.42. The Kier molecular flexibility index (Phi) is 9.66. The number of nitrogens with one attached hydrogen (secondary N) is 2. The van der Waals surface area contributed by atoms with Crippen molar-refractivity contribution in [3.8, 4) is 11.6 Å². The van der Waals surface area contributed by atoms with Crippen LogP contribution in [0, 0.1) is 5.82 Å². The Hall–Kier alpha value is -2.24. The number of thiophene rings is 1. The number of aliphatic hydroxyl groups is 1. The molecule has 1 atom stereocenters. The highest BCUT2D eigenvalue weighted by Gasteiger charge is 2.24. The van der Waals surface area contributed by atoms with Crippen molar-refractivity contribution in [1.82, 2.24) is 15.6 Å². The van der Waals surface area contributed by atoms with E-state index in [-0.39, 0.29) is 29.8 Å². The van der Waals surface area contributed by atoms with E-state index in [0.717, 1.165) is 10.4 Å². The molecule has 0 bridgehead atoms. The quantitative estimate of drug-likeness (QED) is 0.214. The van der Waals surface area contributed by atoms with Gasteiger partial charge in [-0.15, -0.1) is 35.3 Å². The highest BCUT2D eigenvalue weighted by Crippen LogP contribution is 2.24. The van der Waals surface area contributed by atoms with Gasteiger partial charge < -0.3 is 20.5 Å². The molecule has 0 aliphatic rings. The van der Waals surface area contributed by atoms with Crippen LogP contribution in [-0.2, 0) is 12.1 Å². The van der Waals surface area contributed by atoms with E-state index in [9.17, 15) is 9.50 Å². The number of pyridine rings is 1. The average molecular weight is 556 g/mol. The molecule has 3 aromatic rings. The van der Waals surface area contributed by atoms with Crippen LogP contribution in [0.1, 0.15) is 24.3 Å². The lowest BCUT2D eigenvalue weighted by Crippen LogP contribution is -2.44. The zero-order valence-electron chi connectivity index (χ0n) is 17.3. The Labute approximate surface area is 202 Å². The van der Waals surface area contributed by atoms with Gasteiger partial charge in [0.1, 0.15) is 17.2 Å². The number of aliphatic imine (C=N–C) groups is 1. The van der Waals surface area contributed by atoms with Crippen molar-refractivity contribution in [1.29, 1.82) is 0 Å². The summed E-state index contributed by atoms with van der Waals surface area (Å²) >= 11 is 1.52. The number of aromatic nitrogens is 1. The molecule has 2 heterocycles. The topological polar surface area (TPSA) is 78.8 Å². The number of ether oxygens (including phenoxy) is 1. The fraction of sp³-hybridized carbons (Fsp3) is 0.273. The summed E-state index contributed by atoms with van der Waals surface area (Å²) in [5.74, 6) is 1.24. The number of nitrogens with zero attached hydrogens (tertiary/aromatic N) is 2. The summed E-state index contributed by atoms with van der Waals surface area (Å²) in [7, 11) is 0. The van der Waals surface area contributed by atoms with Gasteiger partial charge in [0, 0.05) is 23.7 Å². The van der Waals surface area contributed by atoms with E-state index >= 15 is 0 Å². The molecule has 0 fully saturated rings. The Balaban J connectivity index is 0.00000341. The van der Waals surface area contributed by atoms with Crippen molar-refractivity contribution < 1.29 is 14.2 Å². The molecule has 0 spiro atoms. The minimum atomic E-state index is -0.981. The molecule has 0 saturated heterocycles. The number of guanidine groups is 1. The lowest BCUT2D eigenvalue weighted by atomic mass is 10.1. The molecule has 0 aliphatic carbocycles. The van der Waals surface area contributed by atoms with Crippen LogP contribution in [0.4, 0.5) is 4.39 Å². The predicted octanol–water partition coefficient (Wildman–Crippen LogP) is 4.66. The molecule has 9 heteroatoms. The highest BCUT2D eigenvalue weighted by atomic mass is 127. The summed E-state index contributed by atoms with van der Waals surface area (Å²) in [6, 6.07) is 13.2. The monoisotopic (exact) mass is 556 g/mol. The number of benzene rings is 1. The normalized spacial score (nSPS) is 13.1. The van der Waals surface area contributed by atoms with Gasteiger partial charge in [-0.05, 0) is 55.1 Å². The lowest BCUT2D eigenvalue weighted by Gasteiger charge is -2.23. The molecule has 3 rings (SSSR count). The van der Waals surface area contributed by atoms with Crippen LogP contribution in [0.15, 0.2) is 65.1 Å². The fourth-order valence-electron chi connectivity index (χ4n) is 2.63. The maximum atomic E-state index is 13.0. The van der Waals surface area contributed by atoms with Crippen molar-refractivity contribution in [3.05, 3.63) is 76.4 Å². The van der Waals surface area contributed by atoms with Crippen LogP contribution in [-0.4, -0.2) is 29.1 Å². The van der Waals surface area contributed by atoms with Gasteiger partial charge >= 0.3 is 0 Å². The second-order valence-electron chi connectivity index (χ2n) is 6.86. The third kappa shape index (κ3) is 7.75. The van der Waals surface area contributed by atoms with Crippen LogP contribution >= 0.6 is 35.3 Å². The van der Waals surface area contributed by atoms with Crippen molar-refractivity contribution in [2.75, 3.05) is 13.1 Å². The van der Waals surface area contributed by atoms with Crippen LogP contribution < -0.4 is 15.4 Å². The van der Waals surface area contributed by atoms with Crippen LogP contribution in [0.25, 0.3) is 0 Å². The summed E-state index contributed by atoms with van der Waals surface area (Å²) < 4.78 is 18.6. The Morgan fingerprint density at radius 2 is 1.97 bits per heavy atom. The highest BCUT2D eigenvalue weighted by molar-refractivity contribution is 14.0. The van der Waals surface area contributed by atoms with E-state index < -0.39 is 5.60 Å². The molecule has 1 unspecified atom stereocenters. The molecule has 6 nitrogen and oxygen atoms in total. The van der Waals surface area contributed by atoms with Gasteiger partial charge in [-0.2, -0.15) is 0 Å². The molecule has 31 heavy (non-hydrogen) atoms. The SMILES string of the molecule is CCNC(=NCc1ccc(Oc2ccc(F)cc2)nc1)NCC(C)(O)c1cccs1.I. The van der Waals surface area contributed by atoms with E-state index in [1.54, 1.807) is 31.3 Å². The first-order valence-corrected chi connectivity index (χ1v) is 10.5. The van der Waals surface area contributed by atoms with Gasteiger partial charge in [-0.3, -0.25) is 0 Å². The molecule has 0 aliphatic heterocycles. The maximum Gasteiger partial charge on any atom is 0.219 e. The molecule has 2 aromatic heterocycles. The minimum Gasteiger partial charge on any atom is -0.439 e. The first-order valence-electron chi connectivity index (χ1n) is 9.63. The molecular weight excluding hydrogens is 530 g/mol. The summed E-state index contributed by atoms with van der Waals surface area (Å²) in [4.78, 5) is 9.73. The van der Waals surface area contributed by atoms with E-state index in [4.69, 9.17) is 4.74 Å². The smallest absolute Gasteiger partial charge is 0.219 e. The zero-order chi connectivity index (χ0) is 21.4. The number of hydrogen-bond acceptors (Lipinski definition) is 5. The Morgan fingerprint density at radius 3 is 2.58 bits per heavy atom. The standard InChI is InChI=1S/C22H25FN4O2S.HI/c1-3-24-21(27-15-22(2,28)19-5-4-12-30-19)26-14-16-6-11-20(25-13-16)29-18-9-7-17(23)8-10-18;/h4-13,28H,3,14-15H2,1-2H3,(H2,24,26,27);1H. The number of rotatable bonds is 8. The van der Waals surface area contributed by atoms with E-state index in [1.807, 2.05) is 30.5 Å². The second kappa shape index (κ2) is 12.0. The molecule has 1 aromatic carbocycles. The van der Waals surface area contributed by atoms with Crippen LogP contribution in [0.2, 0.25) is 0 Å². The summed E-state index contributed by atoms with van der Waals surface area (Å²) in [5.41, 5.74) is -0.0747. The van der Waals surface area contributed by atoms with Gasteiger partial charge in [0.15, 0.2) is 5.96 Å². The molecule has 0 amide bonds. The van der Waals surface area contributed by atoms with Gasteiger partial charge in [0.05, 0.1) is 13.1 Å². The Morgan fingerprint density at radius 1 is 1.19 bits per heavy atom. The minimum absolute atomic E-state index is 0. The van der Waals surface area contributed by atoms with Crippen molar-refractivity contribution >= 4 is 41.3 Å². The third-order valence-electron chi connectivity index (χ3n) is 4.25. The predicted molar refractivity (Wildman–Crippen MR) is 133 cm³/mol. The summed E-state index contributed by atoms with van der Waals surface area (Å²) in [6.07, 6.45) is 1.69. The molecule has 0 radical (unpaired) electrons. The van der Waals surface area contributed by atoms with Crippen LogP contribution in [0.5, 0.6) is 11.6 Å². The number of halogens is 2. The third-order valence-corrected chi connectivity index (χ3v) is 5.37. The molecule has 0 saturated carbocycles. The molecule has 3 N–H and O–H groups in total. The van der Waals surface area contributed by atoms with E-state index in [2.05, 4.69) is 20.6 Å². The van der Waals surface area contributed by atoms with Crippen LogP contribution in [0.3, 0.4) is 0 Å². The molecular formula is C22H26FIN4O2S. The van der Waals surface area contributed by atoms with Gasteiger partial charge in [0.2, 0.25) is 5.88 Å². The second-order valence-corrected chi connectivity index (χ2v) is 7.81.